The Morgan fingerprint density at radius 3 is 2.76 bits per heavy atom. The number of amides is 1. The topological polar surface area (TPSA) is 56.1 Å². The molecule has 156 valence electrons. The van der Waals surface area contributed by atoms with Gasteiger partial charge in [-0.3, -0.25) is 4.79 Å². The zero-order chi connectivity index (χ0) is 20.6. The summed E-state index contributed by atoms with van der Waals surface area (Å²) in [5.41, 5.74) is 1.71. The maximum Gasteiger partial charge on any atom is 0.237 e. The Kier molecular flexibility index (Phi) is 5.42. The molecule has 1 saturated heterocycles. The summed E-state index contributed by atoms with van der Waals surface area (Å²) in [4.78, 5) is 14.1. The molecule has 0 aromatic heterocycles. The Balaban J connectivity index is 1.29. The van der Waals surface area contributed by atoms with Crippen LogP contribution >= 0.6 is 0 Å². The smallest absolute Gasteiger partial charge is 0.237 e. The number of rotatable bonds is 5. The summed E-state index contributed by atoms with van der Waals surface area (Å²) in [7, 11) is 0. The first-order valence-electron chi connectivity index (χ1n) is 11.0. The molecule has 1 N–H and O–H groups in total. The number of hydrogen-bond donors (Lipinski definition) is 1. The van der Waals surface area contributed by atoms with Gasteiger partial charge in [0.05, 0.1) is 12.6 Å². The average molecular weight is 398 g/mol. The predicted molar refractivity (Wildman–Crippen MR) is 111 cm³/mol. The number of carbonyl (C=O) groups is 1. The highest BCUT2D eigenvalue weighted by Gasteiger charge is 2.54. The van der Waals surface area contributed by atoms with Crippen molar-refractivity contribution >= 4 is 5.91 Å². The second kappa shape index (κ2) is 7.72. The van der Waals surface area contributed by atoms with Crippen molar-refractivity contribution in [1.82, 2.24) is 10.2 Å². The lowest BCUT2D eigenvalue weighted by molar-refractivity contribution is -0.130. The molecule has 0 spiro atoms. The molecule has 0 radical (unpaired) electrons. The second-order valence-electron chi connectivity index (χ2n) is 10.1. The molecular weight excluding hydrogens is 365 g/mol. The lowest BCUT2D eigenvalue weighted by Gasteiger charge is -2.30. The van der Waals surface area contributed by atoms with E-state index in [4.69, 9.17) is 5.26 Å². The van der Waals surface area contributed by atoms with Crippen molar-refractivity contribution in [2.45, 2.75) is 63.8 Å². The van der Waals surface area contributed by atoms with Crippen molar-refractivity contribution in [2.24, 2.45) is 17.3 Å². The van der Waals surface area contributed by atoms with E-state index in [1.807, 2.05) is 12.1 Å². The maximum atomic E-state index is 13.3. The Morgan fingerprint density at radius 2 is 2.07 bits per heavy atom. The molecule has 1 aromatic rings. The number of benzene rings is 1. The van der Waals surface area contributed by atoms with E-state index in [0.717, 1.165) is 32.2 Å². The van der Waals surface area contributed by atoms with Crippen LogP contribution in [-0.4, -0.2) is 36.5 Å². The predicted octanol–water partition coefficient (Wildman–Crippen LogP) is 4.01. The molecule has 4 rings (SSSR count). The molecule has 2 aliphatic carbocycles. The standard InChI is InChI=1S/C24H32FN3O/c1-23-11-17(14-27-15-22(29)28-9-3-4-21(28)13-26)10-19(23)12-24(2,16-23)18-5-7-20(25)8-6-18/h5-8,17,19,21,27H,3-4,9-12,14-16H2,1-2H3/t17?,19-,21-,23+,24?/m0/s1. The third-order valence-electron chi connectivity index (χ3n) is 7.82. The number of halogens is 1. The van der Waals surface area contributed by atoms with Crippen molar-refractivity contribution in [3.63, 3.8) is 0 Å². The number of nitrogens with zero attached hydrogens (tertiary/aromatic N) is 2. The summed E-state index contributed by atoms with van der Waals surface area (Å²) < 4.78 is 13.3. The Bertz CT molecular complexity index is 803. The summed E-state index contributed by atoms with van der Waals surface area (Å²) >= 11 is 0. The molecule has 1 aliphatic heterocycles. The first-order chi connectivity index (χ1) is 13.8. The molecule has 3 fully saturated rings. The molecule has 5 atom stereocenters. The normalized spacial score (nSPS) is 36.2. The van der Waals surface area contributed by atoms with E-state index in [-0.39, 0.29) is 23.2 Å². The zero-order valence-electron chi connectivity index (χ0n) is 17.6. The van der Waals surface area contributed by atoms with Crippen LogP contribution in [0.3, 0.4) is 0 Å². The number of hydrogen-bond acceptors (Lipinski definition) is 3. The molecule has 4 nitrogen and oxygen atoms in total. The number of nitriles is 1. The zero-order valence-corrected chi connectivity index (χ0v) is 17.6. The van der Waals surface area contributed by atoms with E-state index in [0.29, 0.717) is 30.3 Å². The van der Waals surface area contributed by atoms with Gasteiger partial charge in [-0.1, -0.05) is 26.0 Å². The highest BCUT2D eigenvalue weighted by atomic mass is 19.1. The first kappa shape index (κ1) is 20.3. The first-order valence-corrected chi connectivity index (χ1v) is 11.0. The Hall–Kier alpha value is -1.93. The molecule has 29 heavy (non-hydrogen) atoms. The van der Waals surface area contributed by atoms with Crippen molar-refractivity contribution < 1.29 is 9.18 Å². The number of likely N-dealkylation sites (tertiary alicyclic amines) is 1. The minimum absolute atomic E-state index is 0.0577. The molecule has 3 aliphatic rings. The molecule has 1 heterocycles. The quantitative estimate of drug-likeness (QED) is 0.817. The van der Waals surface area contributed by atoms with E-state index >= 15 is 0 Å². The van der Waals surface area contributed by atoms with Gasteiger partial charge in [-0.25, -0.2) is 4.39 Å². The molecule has 2 unspecified atom stereocenters. The highest BCUT2D eigenvalue weighted by molar-refractivity contribution is 5.79. The van der Waals surface area contributed by atoms with Crippen molar-refractivity contribution in [1.29, 1.82) is 5.26 Å². The molecule has 2 saturated carbocycles. The molecule has 1 aromatic carbocycles. The van der Waals surface area contributed by atoms with Crippen molar-refractivity contribution in [3.05, 3.63) is 35.6 Å². The van der Waals surface area contributed by atoms with Crippen LogP contribution in [0.4, 0.5) is 4.39 Å². The fourth-order valence-corrected chi connectivity index (χ4v) is 6.56. The van der Waals surface area contributed by atoms with Crippen LogP contribution in [-0.2, 0) is 10.2 Å². The van der Waals surface area contributed by atoms with Gasteiger partial charge in [-0.15, -0.1) is 0 Å². The largest absolute Gasteiger partial charge is 0.326 e. The van der Waals surface area contributed by atoms with Gasteiger partial charge in [0.2, 0.25) is 5.91 Å². The lowest BCUT2D eigenvalue weighted by atomic mass is 9.75. The summed E-state index contributed by atoms with van der Waals surface area (Å²) in [6.45, 7) is 6.67. The second-order valence-corrected chi connectivity index (χ2v) is 10.1. The van der Waals surface area contributed by atoms with Gasteiger partial charge >= 0.3 is 0 Å². The number of fused-ring (bicyclic) bond motifs is 1. The third-order valence-corrected chi connectivity index (χ3v) is 7.82. The molecule has 1 amide bonds. The van der Waals surface area contributed by atoms with E-state index in [9.17, 15) is 9.18 Å². The molecule has 0 bridgehead atoms. The fourth-order valence-electron chi connectivity index (χ4n) is 6.56. The van der Waals surface area contributed by atoms with Gasteiger partial charge in [0.15, 0.2) is 0 Å². The van der Waals surface area contributed by atoms with Gasteiger partial charge in [0.1, 0.15) is 11.9 Å². The van der Waals surface area contributed by atoms with E-state index in [1.54, 1.807) is 17.0 Å². The van der Waals surface area contributed by atoms with E-state index in [2.05, 4.69) is 25.2 Å². The van der Waals surface area contributed by atoms with Crippen LogP contribution in [0.1, 0.15) is 57.9 Å². The highest BCUT2D eigenvalue weighted by Crippen LogP contribution is 2.62. The monoisotopic (exact) mass is 397 g/mol. The maximum absolute atomic E-state index is 13.3. The van der Waals surface area contributed by atoms with Gasteiger partial charge in [0, 0.05) is 6.54 Å². The van der Waals surface area contributed by atoms with Gasteiger partial charge < -0.3 is 10.2 Å². The van der Waals surface area contributed by atoms with E-state index < -0.39 is 0 Å². The van der Waals surface area contributed by atoms with Crippen molar-refractivity contribution in [2.75, 3.05) is 19.6 Å². The van der Waals surface area contributed by atoms with Gasteiger partial charge in [0.25, 0.3) is 0 Å². The number of nitrogens with one attached hydrogen (secondary N) is 1. The lowest BCUT2D eigenvalue weighted by Crippen LogP contribution is -2.41. The van der Waals surface area contributed by atoms with Crippen LogP contribution in [0.2, 0.25) is 0 Å². The summed E-state index contributed by atoms with van der Waals surface area (Å²) in [5, 5.41) is 12.5. The van der Waals surface area contributed by atoms with Gasteiger partial charge in [-0.05, 0) is 85.4 Å². The summed E-state index contributed by atoms with van der Waals surface area (Å²) in [5.74, 6) is 1.17. The number of carbonyl (C=O) groups excluding carboxylic acids is 1. The van der Waals surface area contributed by atoms with Crippen LogP contribution < -0.4 is 5.32 Å². The summed E-state index contributed by atoms with van der Waals surface area (Å²) in [6.07, 6.45) is 6.40. The van der Waals surface area contributed by atoms with Crippen LogP contribution in [0.15, 0.2) is 24.3 Å². The van der Waals surface area contributed by atoms with Gasteiger partial charge in [-0.2, -0.15) is 5.26 Å². The van der Waals surface area contributed by atoms with Crippen molar-refractivity contribution in [3.8, 4) is 6.07 Å². The summed E-state index contributed by atoms with van der Waals surface area (Å²) in [6, 6.07) is 9.08. The fraction of sp³-hybridized carbons (Fsp3) is 0.667. The average Bonchev–Trinajstić information content (AvgIpc) is 3.32. The minimum atomic E-state index is -0.238. The van der Waals surface area contributed by atoms with E-state index in [1.165, 1.54) is 18.4 Å². The Labute approximate surface area is 173 Å². The van der Waals surface area contributed by atoms with Crippen LogP contribution in [0.25, 0.3) is 0 Å². The molecular formula is C24H32FN3O. The van der Waals surface area contributed by atoms with Crippen LogP contribution in [0.5, 0.6) is 0 Å². The van der Waals surface area contributed by atoms with Crippen LogP contribution in [0, 0.1) is 34.4 Å². The third kappa shape index (κ3) is 3.92. The molecule has 5 heteroatoms. The Morgan fingerprint density at radius 1 is 1.31 bits per heavy atom. The minimum Gasteiger partial charge on any atom is -0.326 e. The SMILES string of the molecule is CC1(c2ccc(F)cc2)C[C@@H]2CC(CNCC(=O)N3CCC[C@H]3C#N)C[C@]2(C)C1.